The summed E-state index contributed by atoms with van der Waals surface area (Å²) in [7, 11) is 0. The van der Waals surface area contributed by atoms with Crippen LogP contribution in [0.4, 0.5) is 17.5 Å². The van der Waals surface area contributed by atoms with Gasteiger partial charge in [-0.1, -0.05) is 18.2 Å². The second-order valence-corrected chi connectivity index (χ2v) is 6.05. The van der Waals surface area contributed by atoms with E-state index in [1.165, 1.54) is 11.1 Å². The lowest BCUT2D eigenvalue weighted by molar-refractivity contribution is 0.292. The molecule has 0 aliphatic carbocycles. The van der Waals surface area contributed by atoms with Gasteiger partial charge in [0.15, 0.2) is 0 Å². The largest absolute Gasteiger partial charge is 0.396 e. The maximum absolute atomic E-state index is 8.98. The minimum absolute atomic E-state index is 0.126. The lowest BCUT2D eigenvalue weighted by atomic mass is 10.1. The molecule has 6 nitrogen and oxygen atoms in total. The minimum Gasteiger partial charge on any atom is -0.396 e. The maximum Gasteiger partial charge on any atom is 0.225 e. The van der Waals surface area contributed by atoms with E-state index in [9.17, 15) is 0 Å². The number of aliphatic hydroxyl groups excluding tert-OH is 1. The average molecular weight is 349 g/mol. The molecule has 0 aliphatic rings. The van der Waals surface area contributed by atoms with Gasteiger partial charge in [-0.15, -0.1) is 0 Å². The van der Waals surface area contributed by atoms with Crippen LogP contribution in [-0.4, -0.2) is 33.2 Å². The molecular weight excluding hydrogens is 326 g/mol. The molecule has 0 unspecified atom stereocenters. The van der Waals surface area contributed by atoms with Gasteiger partial charge in [-0.2, -0.15) is 4.98 Å². The molecule has 134 valence electrons. The number of benzene rings is 1. The third-order valence-electron chi connectivity index (χ3n) is 4.14. The standard InChI is InChI=1S/C20H23N5O/c1-14-7-5-9-16(15(14)2)23-19-13-18(17-8-3-4-10-21-17)24-20(25-19)22-11-6-12-26/h3-5,7-10,13,26H,6,11-12H2,1-2H3,(H2,22,23,24,25). The van der Waals surface area contributed by atoms with Crippen molar-refractivity contribution in [2.24, 2.45) is 0 Å². The zero-order valence-corrected chi connectivity index (χ0v) is 15.0. The lowest BCUT2D eigenvalue weighted by Gasteiger charge is -2.13. The SMILES string of the molecule is Cc1cccc(Nc2cc(-c3ccccn3)nc(NCCCO)n2)c1C. The Morgan fingerprint density at radius 2 is 1.88 bits per heavy atom. The summed E-state index contributed by atoms with van der Waals surface area (Å²) in [6.45, 7) is 4.90. The number of aliphatic hydroxyl groups is 1. The van der Waals surface area contributed by atoms with Crippen molar-refractivity contribution in [1.82, 2.24) is 15.0 Å². The molecule has 6 heteroatoms. The van der Waals surface area contributed by atoms with Crippen molar-refractivity contribution in [1.29, 1.82) is 0 Å². The summed E-state index contributed by atoms with van der Waals surface area (Å²) in [5, 5.41) is 15.5. The molecule has 2 aromatic heterocycles. The first-order valence-corrected chi connectivity index (χ1v) is 8.66. The van der Waals surface area contributed by atoms with Gasteiger partial charge in [-0.3, -0.25) is 4.98 Å². The Labute approximate surface area is 153 Å². The Hall–Kier alpha value is -2.99. The molecule has 0 bridgehead atoms. The summed E-state index contributed by atoms with van der Waals surface area (Å²) in [6.07, 6.45) is 2.38. The Kier molecular flexibility index (Phi) is 5.76. The van der Waals surface area contributed by atoms with Crippen molar-refractivity contribution in [3.05, 3.63) is 59.8 Å². The molecule has 3 aromatic rings. The molecule has 0 amide bonds. The predicted molar refractivity (Wildman–Crippen MR) is 105 cm³/mol. The van der Waals surface area contributed by atoms with E-state index in [1.807, 2.05) is 36.4 Å². The topological polar surface area (TPSA) is 83.0 Å². The second-order valence-electron chi connectivity index (χ2n) is 6.05. The Morgan fingerprint density at radius 1 is 1.00 bits per heavy atom. The molecule has 3 rings (SSSR count). The van der Waals surface area contributed by atoms with Crippen LogP contribution in [0.3, 0.4) is 0 Å². The number of rotatable bonds is 7. The molecule has 0 radical (unpaired) electrons. The third kappa shape index (κ3) is 4.34. The van der Waals surface area contributed by atoms with E-state index < -0.39 is 0 Å². The number of nitrogens with zero attached hydrogens (tertiary/aromatic N) is 3. The Morgan fingerprint density at radius 3 is 2.65 bits per heavy atom. The number of anilines is 3. The van der Waals surface area contributed by atoms with E-state index in [2.05, 4.69) is 45.5 Å². The van der Waals surface area contributed by atoms with E-state index in [-0.39, 0.29) is 6.61 Å². The van der Waals surface area contributed by atoms with Crippen molar-refractivity contribution in [3.8, 4) is 11.4 Å². The van der Waals surface area contributed by atoms with Crippen molar-refractivity contribution in [2.45, 2.75) is 20.3 Å². The minimum atomic E-state index is 0.126. The molecule has 2 heterocycles. The first-order chi connectivity index (χ1) is 12.7. The molecule has 0 atom stereocenters. The summed E-state index contributed by atoms with van der Waals surface area (Å²) in [5.74, 6) is 1.20. The van der Waals surface area contributed by atoms with E-state index >= 15 is 0 Å². The van der Waals surface area contributed by atoms with Crippen LogP contribution in [0.15, 0.2) is 48.7 Å². The summed E-state index contributed by atoms with van der Waals surface area (Å²) >= 11 is 0. The highest BCUT2D eigenvalue weighted by atomic mass is 16.3. The number of nitrogens with one attached hydrogen (secondary N) is 2. The summed E-state index contributed by atoms with van der Waals surface area (Å²) in [6, 6.07) is 13.8. The van der Waals surface area contributed by atoms with Gasteiger partial charge in [0.05, 0.1) is 11.4 Å². The van der Waals surface area contributed by atoms with E-state index in [4.69, 9.17) is 5.11 Å². The first-order valence-electron chi connectivity index (χ1n) is 8.66. The van der Waals surface area contributed by atoms with Crippen LogP contribution in [0, 0.1) is 13.8 Å². The highest BCUT2D eigenvalue weighted by Gasteiger charge is 2.09. The molecule has 26 heavy (non-hydrogen) atoms. The fourth-order valence-electron chi connectivity index (χ4n) is 2.54. The van der Waals surface area contributed by atoms with E-state index in [1.54, 1.807) is 6.20 Å². The van der Waals surface area contributed by atoms with E-state index in [0.717, 1.165) is 17.1 Å². The number of hydrogen-bond acceptors (Lipinski definition) is 6. The van der Waals surface area contributed by atoms with E-state index in [0.29, 0.717) is 24.7 Å². The number of aryl methyl sites for hydroxylation is 1. The Bertz CT molecular complexity index is 867. The van der Waals surface area contributed by atoms with Crippen LogP contribution < -0.4 is 10.6 Å². The molecule has 0 saturated heterocycles. The average Bonchev–Trinajstić information content (AvgIpc) is 2.66. The molecule has 0 aliphatic heterocycles. The maximum atomic E-state index is 8.98. The van der Waals surface area contributed by atoms with Crippen LogP contribution in [-0.2, 0) is 0 Å². The van der Waals surface area contributed by atoms with Crippen molar-refractivity contribution < 1.29 is 5.11 Å². The van der Waals surface area contributed by atoms with Gasteiger partial charge in [0.2, 0.25) is 5.95 Å². The summed E-state index contributed by atoms with van der Waals surface area (Å²) < 4.78 is 0. The van der Waals surface area contributed by atoms with Crippen LogP contribution in [0.2, 0.25) is 0 Å². The zero-order chi connectivity index (χ0) is 18.4. The normalized spacial score (nSPS) is 10.6. The van der Waals surface area contributed by atoms with Gasteiger partial charge >= 0.3 is 0 Å². The van der Waals surface area contributed by atoms with Gasteiger partial charge in [0, 0.05) is 31.1 Å². The molecule has 1 aromatic carbocycles. The quantitative estimate of drug-likeness (QED) is 0.564. The first kappa shape index (κ1) is 17.8. The van der Waals surface area contributed by atoms with Crippen LogP contribution in [0.1, 0.15) is 17.5 Å². The van der Waals surface area contributed by atoms with Crippen LogP contribution in [0.5, 0.6) is 0 Å². The third-order valence-corrected chi connectivity index (χ3v) is 4.14. The monoisotopic (exact) mass is 349 g/mol. The lowest BCUT2D eigenvalue weighted by Crippen LogP contribution is -2.09. The number of aromatic nitrogens is 3. The van der Waals surface area contributed by atoms with Gasteiger partial charge in [0.1, 0.15) is 5.82 Å². The van der Waals surface area contributed by atoms with Crippen molar-refractivity contribution in [2.75, 3.05) is 23.8 Å². The van der Waals surface area contributed by atoms with Gasteiger partial charge in [0.25, 0.3) is 0 Å². The predicted octanol–water partition coefficient (Wildman–Crippen LogP) is 3.69. The molecular formula is C20H23N5O. The van der Waals surface area contributed by atoms with Gasteiger partial charge in [-0.05, 0) is 49.6 Å². The number of hydrogen-bond donors (Lipinski definition) is 3. The molecule has 0 fully saturated rings. The molecule has 0 saturated carbocycles. The Balaban J connectivity index is 1.95. The summed E-state index contributed by atoms with van der Waals surface area (Å²) in [4.78, 5) is 13.5. The van der Waals surface area contributed by atoms with Crippen molar-refractivity contribution in [3.63, 3.8) is 0 Å². The zero-order valence-electron chi connectivity index (χ0n) is 15.0. The van der Waals surface area contributed by atoms with Crippen molar-refractivity contribution >= 4 is 17.5 Å². The molecule has 0 spiro atoms. The molecule has 3 N–H and O–H groups in total. The smallest absolute Gasteiger partial charge is 0.225 e. The fourth-order valence-corrected chi connectivity index (χ4v) is 2.54. The highest BCUT2D eigenvalue weighted by Crippen LogP contribution is 2.25. The fraction of sp³-hybridized carbons (Fsp3) is 0.250. The number of pyridine rings is 1. The van der Waals surface area contributed by atoms with Gasteiger partial charge in [-0.25, -0.2) is 4.98 Å². The highest BCUT2D eigenvalue weighted by molar-refractivity contribution is 5.67. The van der Waals surface area contributed by atoms with Crippen LogP contribution in [0.25, 0.3) is 11.4 Å². The summed E-state index contributed by atoms with van der Waals surface area (Å²) in [5.41, 5.74) is 4.93. The van der Waals surface area contributed by atoms with Gasteiger partial charge < -0.3 is 15.7 Å². The second kappa shape index (κ2) is 8.40. The van der Waals surface area contributed by atoms with Crippen LogP contribution >= 0.6 is 0 Å².